The number of primary amides is 1. The summed E-state index contributed by atoms with van der Waals surface area (Å²) in [6.07, 6.45) is 1.14. The fourth-order valence-electron chi connectivity index (χ4n) is 3.24. The number of rotatable bonds is 8. The summed E-state index contributed by atoms with van der Waals surface area (Å²) in [5, 5.41) is 2.93. The zero-order valence-corrected chi connectivity index (χ0v) is 15.8. The van der Waals surface area contributed by atoms with Crippen molar-refractivity contribution in [1.29, 1.82) is 0 Å². The Labute approximate surface area is 163 Å². The van der Waals surface area contributed by atoms with Crippen LogP contribution in [0.25, 0.3) is 11.1 Å². The quantitative estimate of drug-likeness (QED) is 0.731. The first-order chi connectivity index (χ1) is 13.5. The topological polar surface area (TPSA) is 84.7 Å². The predicted molar refractivity (Wildman–Crippen MR) is 105 cm³/mol. The molecule has 0 bridgehead atoms. The number of hydrogen-bond donors (Lipinski definition) is 2. The van der Waals surface area contributed by atoms with Crippen LogP contribution < -0.4 is 16.0 Å². The first-order valence-electron chi connectivity index (χ1n) is 9.34. The van der Waals surface area contributed by atoms with Crippen LogP contribution in [-0.4, -0.2) is 31.2 Å². The molecule has 1 aliphatic heterocycles. The highest BCUT2D eigenvalue weighted by Gasteiger charge is 2.32. The molecule has 2 amide bonds. The number of benzene rings is 2. The molecule has 1 heterocycles. The Balaban J connectivity index is 1.70. The number of carbonyl (C=O) groups is 2. The van der Waals surface area contributed by atoms with Gasteiger partial charge >= 0.3 is 6.09 Å². The lowest BCUT2D eigenvalue weighted by molar-refractivity contribution is -0.117. The van der Waals surface area contributed by atoms with Crippen LogP contribution in [0.2, 0.25) is 0 Å². The zero-order valence-electron chi connectivity index (χ0n) is 15.8. The molecule has 2 aromatic carbocycles. The second kappa shape index (κ2) is 8.84. The summed E-state index contributed by atoms with van der Waals surface area (Å²) < 4.78 is 20.0. The third-order valence-corrected chi connectivity index (χ3v) is 4.64. The molecular weight excluding hydrogens is 361 g/mol. The van der Waals surface area contributed by atoms with Gasteiger partial charge in [-0.3, -0.25) is 9.69 Å². The molecule has 7 heteroatoms. The first-order valence-corrected chi connectivity index (χ1v) is 9.34. The van der Waals surface area contributed by atoms with E-state index in [0.29, 0.717) is 24.3 Å². The van der Waals surface area contributed by atoms with Crippen LogP contribution in [0.4, 0.5) is 14.9 Å². The summed E-state index contributed by atoms with van der Waals surface area (Å²) in [5.74, 6) is -0.814. The van der Waals surface area contributed by atoms with Crippen LogP contribution >= 0.6 is 0 Å². The molecule has 0 radical (unpaired) electrons. The van der Waals surface area contributed by atoms with Crippen LogP contribution in [0.1, 0.15) is 25.3 Å². The maximum atomic E-state index is 14.7. The molecule has 0 aromatic heterocycles. The van der Waals surface area contributed by atoms with E-state index in [1.807, 2.05) is 31.2 Å². The molecule has 3 N–H and O–H groups in total. The molecule has 1 aliphatic rings. The van der Waals surface area contributed by atoms with Crippen molar-refractivity contribution in [3.8, 4) is 11.1 Å². The van der Waals surface area contributed by atoms with E-state index in [9.17, 15) is 14.0 Å². The molecule has 1 fully saturated rings. The molecule has 0 aliphatic carbocycles. The Kier molecular flexibility index (Phi) is 6.26. The van der Waals surface area contributed by atoms with Crippen molar-refractivity contribution in [2.75, 3.05) is 18.0 Å². The minimum atomic E-state index is -0.432. The number of halogens is 1. The predicted octanol–water partition coefficient (Wildman–Crippen LogP) is 3.19. The van der Waals surface area contributed by atoms with Gasteiger partial charge < -0.3 is 15.8 Å². The highest BCUT2D eigenvalue weighted by molar-refractivity contribution is 5.90. The minimum absolute atomic E-state index is 0.107. The number of amides is 2. The van der Waals surface area contributed by atoms with Gasteiger partial charge in [-0.2, -0.15) is 0 Å². The van der Waals surface area contributed by atoms with Crippen LogP contribution in [0, 0.1) is 5.82 Å². The van der Waals surface area contributed by atoms with Crippen molar-refractivity contribution < 1.29 is 18.7 Å². The number of nitrogens with one attached hydrogen (secondary N) is 1. The summed E-state index contributed by atoms with van der Waals surface area (Å²) in [5.41, 5.74) is 7.73. The van der Waals surface area contributed by atoms with E-state index in [1.54, 1.807) is 12.1 Å². The van der Waals surface area contributed by atoms with Gasteiger partial charge in [0.1, 0.15) is 11.9 Å². The van der Waals surface area contributed by atoms with Crippen LogP contribution in [0.5, 0.6) is 0 Å². The van der Waals surface area contributed by atoms with Gasteiger partial charge in [0.25, 0.3) is 0 Å². The fraction of sp³-hybridized carbons (Fsp3) is 0.333. The van der Waals surface area contributed by atoms with Crippen LogP contribution in [-0.2, 0) is 16.1 Å². The Morgan fingerprint density at radius 1 is 1.29 bits per heavy atom. The molecule has 2 aromatic rings. The second-order valence-electron chi connectivity index (χ2n) is 6.84. The third kappa shape index (κ3) is 4.67. The average molecular weight is 385 g/mol. The number of ether oxygens (including phenoxy) is 1. The normalized spacial score (nSPS) is 16.3. The van der Waals surface area contributed by atoms with Gasteiger partial charge in [0.15, 0.2) is 0 Å². The van der Waals surface area contributed by atoms with Crippen molar-refractivity contribution >= 4 is 17.7 Å². The van der Waals surface area contributed by atoms with Crippen molar-refractivity contribution in [3.05, 3.63) is 53.8 Å². The molecule has 28 heavy (non-hydrogen) atoms. The van der Waals surface area contributed by atoms with E-state index in [-0.39, 0.29) is 12.6 Å². The average Bonchev–Trinajstić information content (AvgIpc) is 3.03. The number of carbonyl (C=O) groups excluding carboxylic acids is 2. The highest BCUT2D eigenvalue weighted by atomic mass is 19.1. The summed E-state index contributed by atoms with van der Waals surface area (Å²) in [7, 11) is 0. The largest absolute Gasteiger partial charge is 0.444 e. The lowest BCUT2D eigenvalue weighted by atomic mass is 10.0. The number of nitrogens with two attached hydrogens (primary N) is 1. The monoisotopic (exact) mass is 385 g/mol. The van der Waals surface area contributed by atoms with Crippen molar-refractivity contribution in [1.82, 2.24) is 5.32 Å². The molecule has 0 unspecified atom stereocenters. The Hall–Kier alpha value is -2.93. The fourth-order valence-corrected chi connectivity index (χ4v) is 3.24. The van der Waals surface area contributed by atoms with Gasteiger partial charge in [0.2, 0.25) is 5.91 Å². The summed E-state index contributed by atoms with van der Waals surface area (Å²) in [6, 6.07) is 12.1. The van der Waals surface area contributed by atoms with Crippen LogP contribution in [0.3, 0.4) is 0 Å². The number of anilines is 1. The number of nitrogens with zero attached hydrogens (tertiary/aromatic N) is 1. The third-order valence-electron chi connectivity index (χ3n) is 4.64. The molecule has 3 rings (SSSR count). The zero-order chi connectivity index (χ0) is 20.1. The van der Waals surface area contributed by atoms with Gasteiger partial charge in [-0.25, -0.2) is 9.18 Å². The van der Waals surface area contributed by atoms with E-state index >= 15 is 0 Å². The molecule has 6 nitrogen and oxygen atoms in total. The Morgan fingerprint density at radius 2 is 2.04 bits per heavy atom. The highest BCUT2D eigenvalue weighted by Crippen LogP contribution is 2.29. The van der Waals surface area contributed by atoms with Gasteiger partial charge in [0, 0.05) is 12.1 Å². The molecule has 0 spiro atoms. The first kappa shape index (κ1) is 19.8. The molecule has 0 saturated carbocycles. The Morgan fingerprint density at radius 3 is 2.68 bits per heavy atom. The summed E-state index contributed by atoms with van der Waals surface area (Å²) in [4.78, 5) is 24.3. The van der Waals surface area contributed by atoms with Gasteiger partial charge in [-0.05, 0) is 35.7 Å². The van der Waals surface area contributed by atoms with Crippen molar-refractivity contribution in [2.24, 2.45) is 5.73 Å². The standard InChI is InChI=1S/C21H24FN3O3/c1-2-3-17-13-25(21(27)28-17)16-8-9-18(19(22)10-16)15-6-4-14(5-7-15)11-24-12-20(23)26/h4-10,17,24H,2-3,11-13H2,1H3,(H2,23,26)/t17-/m1/s1. The Bertz CT molecular complexity index is 854. The van der Waals surface area contributed by atoms with E-state index in [4.69, 9.17) is 10.5 Å². The molecule has 1 saturated heterocycles. The molecule has 148 valence electrons. The number of hydrogen-bond acceptors (Lipinski definition) is 4. The van der Waals surface area contributed by atoms with Gasteiger partial charge in [-0.15, -0.1) is 0 Å². The molecular formula is C21H24FN3O3. The summed E-state index contributed by atoms with van der Waals surface area (Å²) >= 11 is 0. The van der Waals surface area contributed by atoms with Crippen molar-refractivity contribution in [2.45, 2.75) is 32.4 Å². The van der Waals surface area contributed by atoms with Crippen molar-refractivity contribution in [3.63, 3.8) is 0 Å². The van der Waals surface area contributed by atoms with Gasteiger partial charge in [-0.1, -0.05) is 37.6 Å². The molecule has 1 atom stereocenters. The van der Waals surface area contributed by atoms with E-state index in [2.05, 4.69) is 5.32 Å². The maximum Gasteiger partial charge on any atom is 0.414 e. The minimum Gasteiger partial charge on any atom is -0.444 e. The maximum absolute atomic E-state index is 14.7. The van der Waals surface area contributed by atoms with E-state index in [0.717, 1.165) is 24.0 Å². The van der Waals surface area contributed by atoms with Gasteiger partial charge in [0.05, 0.1) is 18.8 Å². The van der Waals surface area contributed by atoms with E-state index in [1.165, 1.54) is 11.0 Å². The smallest absolute Gasteiger partial charge is 0.414 e. The van der Waals surface area contributed by atoms with E-state index < -0.39 is 17.8 Å². The lowest BCUT2D eigenvalue weighted by Crippen LogP contribution is -2.28. The second-order valence-corrected chi connectivity index (χ2v) is 6.84. The summed E-state index contributed by atoms with van der Waals surface area (Å²) in [6.45, 7) is 3.08. The lowest BCUT2D eigenvalue weighted by Gasteiger charge is -2.14. The van der Waals surface area contributed by atoms with Crippen LogP contribution in [0.15, 0.2) is 42.5 Å². The SMILES string of the molecule is CCC[C@@H]1CN(c2ccc(-c3ccc(CNCC(N)=O)cc3)c(F)c2)C(=O)O1. The number of cyclic esters (lactones) is 1.